The van der Waals surface area contributed by atoms with E-state index in [1.54, 1.807) is 0 Å². The maximum Gasteiger partial charge on any atom is -0.00207 e. The number of rotatable bonds is 3. The molecule has 3 fully saturated rings. The Morgan fingerprint density at radius 2 is 2.09 bits per heavy atom. The summed E-state index contributed by atoms with van der Waals surface area (Å²) in [5.41, 5.74) is 0.812. The van der Waals surface area contributed by atoms with E-state index in [0.29, 0.717) is 0 Å². The Balaban J connectivity index is 1.92. The van der Waals surface area contributed by atoms with Crippen LogP contribution in [0.1, 0.15) is 32.6 Å². The lowest BCUT2D eigenvalue weighted by Gasteiger charge is -2.37. The van der Waals surface area contributed by atoms with E-state index >= 15 is 0 Å². The van der Waals surface area contributed by atoms with Crippen LogP contribution < -0.4 is 5.32 Å². The monoisotopic (exact) mass is 153 g/mol. The summed E-state index contributed by atoms with van der Waals surface area (Å²) in [6.07, 6.45) is 6.00. The van der Waals surface area contributed by atoms with Crippen LogP contribution in [-0.4, -0.2) is 13.6 Å². The van der Waals surface area contributed by atoms with E-state index in [1.807, 2.05) is 0 Å². The first-order valence-electron chi connectivity index (χ1n) is 4.94. The molecule has 0 aromatic rings. The second kappa shape index (κ2) is 2.48. The molecule has 11 heavy (non-hydrogen) atoms. The highest BCUT2D eigenvalue weighted by Gasteiger charge is 2.53. The van der Waals surface area contributed by atoms with Crippen molar-refractivity contribution in [3.8, 4) is 0 Å². The standard InChI is InChI=1S/C10H19N/c1-3-10-4-8(5-10)9(6-10)7-11-2/h8-9,11H,3-7H2,1-2H3. The minimum absolute atomic E-state index is 0.812. The first-order valence-corrected chi connectivity index (χ1v) is 4.94. The van der Waals surface area contributed by atoms with E-state index in [0.717, 1.165) is 17.3 Å². The SMILES string of the molecule is CCC12CC(CNC)C(C1)C2. The number of hydrogen-bond donors (Lipinski definition) is 1. The summed E-state index contributed by atoms with van der Waals surface area (Å²) >= 11 is 0. The van der Waals surface area contributed by atoms with Crippen LogP contribution in [0.25, 0.3) is 0 Å². The van der Waals surface area contributed by atoms with Gasteiger partial charge in [0.2, 0.25) is 0 Å². The van der Waals surface area contributed by atoms with Crippen molar-refractivity contribution in [1.29, 1.82) is 0 Å². The van der Waals surface area contributed by atoms with Crippen LogP contribution in [0.2, 0.25) is 0 Å². The normalized spacial score (nSPS) is 47.5. The summed E-state index contributed by atoms with van der Waals surface area (Å²) in [5.74, 6) is 2.10. The van der Waals surface area contributed by atoms with Gasteiger partial charge in [-0.1, -0.05) is 13.3 Å². The smallest absolute Gasteiger partial charge is 0.00207 e. The second-order valence-electron chi connectivity index (χ2n) is 4.54. The average molecular weight is 153 g/mol. The minimum Gasteiger partial charge on any atom is -0.319 e. The van der Waals surface area contributed by atoms with E-state index in [-0.39, 0.29) is 0 Å². The predicted octanol–water partition coefficient (Wildman–Crippen LogP) is 2.03. The predicted molar refractivity (Wildman–Crippen MR) is 47.5 cm³/mol. The van der Waals surface area contributed by atoms with Crippen LogP contribution in [0, 0.1) is 17.3 Å². The third-order valence-corrected chi connectivity index (χ3v) is 3.97. The Bertz CT molecular complexity index is 147. The molecule has 1 N–H and O–H groups in total. The largest absolute Gasteiger partial charge is 0.319 e. The van der Waals surface area contributed by atoms with Gasteiger partial charge in [-0.25, -0.2) is 0 Å². The minimum atomic E-state index is 0.812. The average Bonchev–Trinajstić information content (AvgIpc) is 2.41. The van der Waals surface area contributed by atoms with E-state index < -0.39 is 0 Å². The maximum absolute atomic E-state index is 3.31. The fourth-order valence-corrected chi connectivity index (χ4v) is 3.21. The summed E-state index contributed by atoms with van der Waals surface area (Å²) in [6, 6.07) is 0. The van der Waals surface area contributed by atoms with Crippen molar-refractivity contribution < 1.29 is 0 Å². The van der Waals surface area contributed by atoms with Crippen LogP contribution >= 0.6 is 0 Å². The van der Waals surface area contributed by atoms with Crippen molar-refractivity contribution >= 4 is 0 Å². The molecule has 64 valence electrons. The molecule has 0 aliphatic heterocycles. The summed E-state index contributed by atoms with van der Waals surface area (Å²) in [4.78, 5) is 0. The molecule has 0 heterocycles. The maximum atomic E-state index is 3.31. The molecule has 2 bridgehead atoms. The lowest BCUT2D eigenvalue weighted by molar-refractivity contribution is 0.133. The van der Waals surface area contributed by atoms with E-state index in [1.165, 1.54) is 32.2 Å². The quantitative estimate of drug-likeness (QED) is 0.654. The molecular formula is C10H19N. The lowest BCUT2D eigenvalue weighted by atomic mass is 9.68. The molecule has 0 amide bonds. The van der Waals surface area contributed by atoms with Crippen molar-refractivity contribution in [3.05, 3.63) is 0 Å². The summed E-state index contributed by atoms with van der Waals surface area (Å²) < 4.78 is 0. The zero-order valence-electron chi connectivity index (χ0n) is 7.69. The van der Waals surface area contributed by atoms with Crippen LogP contribution in [0.3, 0.4) is 0 Å². The highest BCUT2D eigenvalue weighted by molar-refractivity contribution is 5.04. The van der Waals surface area contributed by atoms with Gasteiger partial charge in [-0.05, 0) is 50.1 Å². The van der Waals surface area contributed by atoms with Gasteiger partial charge in [0.25, 0.3) is 0 Å². The molecule has 3 rings (SSSR count). The fraction of sp³-hybridized carbons (Fsp3) is 1.00. The second-order valence-corrected chi connectivity index (χ2v) is 4.54. The molecule has 3 saturated carbocycles. The molecule has 1 atom stereocenters. The van der Waals surface area contributed by atoms with Gasteiger partial charge in [0.1, 0.15) is 0 Å². The summed E-state index contributed by atoms with van der Waals surface area (Å²) in [5, 5.41) is 3.31. The zero-order chi connectivity index (χ0) is 7.90. The fourth-order valence-electron chi connectivity index (χ4n) is 3.21. The molecule has 3 aliphatic carbocycles. The molecule has 0 aromatic carbocycles. The van der Waals surface area contributed by atoms with Crippen molar-refractivity contribution in [2.75, 3.05) is 13.6 Å². The highest BCUT2D eigenvalue weighted by atomic mass is 14.8. The van der Waals surface area contributed by atoms with Crippen LogP contribution in [0.5, 0.6) is 0 Å². The molecule has 0 radical (unpaired) electrons. The molecule has 1 nitrogen and oxygen atoms in total. The van der Waals surface area contributed by atoms with Crippen molar-refractivity contribution in [2.45, 2.75) is 32.6 Å². The Kier molecular flexibility index (Phi) is 1.71. The van der Waals surface area contributed by atoms with Gasteiger partial charge in [0.15, 0.2) is 0 Å². The Morgan fingerprint density at radius 1 is 1.36 bits per heavy atom. The van der Waals surface area contributed by atoms with Crippen molar-refractivity contribution in [2.24, 2.45) is 17.3 Å². The van der Waals surface area contributed by atoms with E-state index in [4.69, 9.17) is 0 Å². The first kappa shape index (κ1) is 7.60. The third-order valence-electron chi connectivity index (χ3n) is 3.97. The van der Waals surface area contributed by atoms with E-state index in [2.05, 4.69) is 19.3 Å². The molecular weight excluding hydrogens is 134 g/mol. The Hall–Kier alpha value is -0.0400. The summed E-state index contributed by atoms with van der Waals surface area (Å²) in [6.45, 7) is 3.62. The molecule has 0 aromatic heterocycles. The zero-order valence-corrected chi connectivity index (χ0v) is 7.69. The van der Waals surface area contributed by atoms with Gasteiger partial charge >= 0.3 is 0 Å². The highest BCUT2D eigenvalue weighted by Crippen LogP contribution is 2.63. The number of hydrogen-bond acceptors (Lipinski definition) is 1. The first-order chi connectivity index (χ1) is 5.29. The molecule has 1 heteroatoms. The van der Waals surface area contributed by atoms with Gasteiger partial charge in [-0.3, -0.25) is 0 Å². The van der Waals surface area contributed by atoms with Crippen LogP contribution in [0.15, 0.2) is 0 Å². The van der Waals surface area contributed by atoms with Crippen LogP contribution in [-0.2, 0) is 0 Å². The topological polar surface area (TPSA) is 12.0 Å². The molecule has 0 spiro atoms. The third kappa shape index (κ3) is 1.01. The van der Waals surface area contributed by atoms with Gasteiger partial charge < -0.3 is 5.32 Å². The van der Waals surface area contributed by atoms with Crippen molar-refractivity contribution in [1.82, 2.24) is 5.32 Å². The molecule has 0 saturated heterocycles. The summed E-state index contributed by atoms with van der Waals surface area (Å²) in [7, 11) is 2.08. The van der Waals surface area contributed by atoms with Gasteiger partial charge in [-0.2, -0.15) is 0 Å². The van der Waals surface area contributed by atoms with Crippen molar-refractivity contribution in [3.63, 3.8) is 0 Å². The number of fused-ring (bicyclic) bond motifs is 1. The van der Waals surface area contributed by atoms with Gasteiger partial charge in [0, 0.05) is 0 Å². The Labute approximate surface area is 69.6 Å². The van der Waals surface area contributed by atoms with E-state index in [9.17, 15) is 0 Å². The molecule has 3 aliphatic rings. The van der Waals surface area contributed by atoms with Gasteiger partial charge in [0.05, 0.1) is 0 Å². The Morgan fingerprint density at radius 3 is 2.55 bits per heavy atom. The molecule has 1 unspecified atom stereocenters. The van der Waals surface area contributed by atoms with Gasteiger partial charge in [-0.15, -0.1) is 0 Å². The van der Waals surface area contributed by atoms with Crippen LogP contribution in [0.4, 0.5) is 0 Å². The lowest BCUT2D eigenvalue weighted by Crippen LogP contribution is -2.28. The number of nitrogens with one attached hydrogen (secondary N) is 1.